The molecule has 3 aromatic heterocycles. The number of hydrogen-bond acceptors (Lipinski definition) is 5. The summed E-state index contributed by atoms with van der Waals surface area (Å²) < 4.78 is 0. The summed E-state index contributed by atoms with van der Waals surface area (Å²) in [5.74, 6) is -1.89. The van der Waals surface area contributed by atoms with Crippen molar-refractivity contribution in [3.63, 3.8) is 0 Å². The molecule has 0 bridgehead atoms. The maximum atomic E-state index is 12.4. The number of allylic oxidation sites excluding steroid dienone is 1. The highest BCUT2D eigenvalue weighted by Gasteiger charge is 2.24. The molecule has 10 nitrogen and oxygen atoms in total. The summed E-state index contributed by atoms with van der Waals surface area (Å²) in [6, 6.07) is 0. The molecule has 234 valence electrons. The fraction of sp³-hybridized carbons (Fsp3) is 0.364. The summed E-state index contributed by atoms with van der Waals surface area (Å²) in [5, 5.41) is 33.5. The van der Waals surface area contributed by atoms with Crippen LogP contribution < -0.4 is 16.0 Å². The number of thiol groups is 1. The van der Waals surface area contributed by atoms with E-state index in [4.69, 9.17) is 0 Å². The highest BCUT2D eigenvalue weighted by atomic mass is 32.1. The van der Waals surface area contributed by atoms with Gasteiger partial charge in [0.2, 0.25) is 0 Å². The first-order chi connectivity index (χ1) is 20.7. The molecule has 0 radical (unpaired) electrons. The number of aromatic nitrogens is 3. The summed E-state index contributed by atoms with van der Waals surface area (Å²) in [4.78, 5) is 45.4. The van der Waals surface area contributed by atoms with Gasteiger partial charge in [-0.1, -0.05) is 6.92 Å². The minimum Gasteiger partial charge on any atom is -0.494 e. The Hall–Kier alpha value is -4.38. The molecule has 4 rings (SSSR count). The van der Waals surface area contributed by atoms with Crippen LogP contribution in [0.2, 0.25) is 0 Å². The number of aromatic amines is 3. The lowest BCUT2D eigenvalue weighted by molar-refractivity contribution is -0.138. The SMILES string of the molecule is CCC1=C(C)/C(=C/c2[nH]c(/C=c3\[nH]/c(=C/c4[nH]c(O)c(C)c4[C@H](C)S)c(C)c3CCC(=O)O)c(CCC(=O)O)c2C)NC1=O. The molecule has 0 aliphatic carbocycles. The highest BCUT2D eigenvalue weighted by molar-refractivity contribution is 7.80. The smallest absolute Gasteiger partial charge is 0.303 e. The third-order valence-corrected chi connectivity index (χ3v) is 8.66. The van der Waals surface area contributed by atoms with E-state index in [1.807, 2.05) is 59.8 Å². The Bertz CT molecular complexity index is 1830. The van der Waals surface area contributed by atoms with Gasteiger partial charge in [0, 0.05) is 62.7 Å². The summed E-state index contributed by atoms with van der Waals surface area (Å²) >= 11 is 4.59. The number of aliphatic carboxylic acids is 2. The van der Waals surface area contributed by atoms with Gasteiger partial charge in [0.25, 0.3) is 5.91 Å². The molecule has 0 saturated carbocycles. The molecule has 1 aliphatic heterocycles. The monoisotopic (exact) mass is 620 g/mol. The Morgan fingerprint density at radius 2 is 1.43 bits per heavy atom. The molecule has 3 aromatic rings. The Balaban J connectivity index is 1.93. The van der Waals surface area contributed by atoms with Crippen molar-refractivity contribution in [2.45, 2.75) is 78.9 Å². The number of carbonyl (C=O) groups is 3. The topological polar surface area (TPSA) is 171 Å². The number of nitrogens with one attached hydrogen (secondary N) is 4. The predicted octanol–water partition coefficient (Wildman–Crippen LogP) is 4.18. The van der Waals surface area contributed by atoms with Crippen LogP contribution >= 0.6 is 12.6 Å². The van der Waals surface area contributed by atoms with E-state index < -0.39 is 11.9 Å². The van der Waals surface area contributed by atoms with Gasteiger partial charge in [-0.15, -0.1) is 0 Å². The van der Waals surface area contributed by atoms with Crippen LogP contribution in [0.15, 0.2) is 16.8 Å². The largest absolute Gasteiger partial charge is 0.494 e. The molecule has 1 aliphatic rings. The molecule has 1 amide bonds. The van der Waals surface area contributed by atoms with E-state index in [0.29, 0.717) is 34.4 Å². The molecular weight excluding hydrogens is 580 g/mol. The van der Waals surface area contributed by atoms with Crippen LogP contribution in [0.4, 0.5) is 0 Å². The Morgan fingerprint density at radius 1 is 0.818 bits per heavy atom. The summed E-state index contributed by atoms with van der Waals surface area (Å²) in [6.07, 6.45) is 6.68. The Labute approximate surface area is 261 Å². The van der Waals surface area contributed by atoms with Crippen molar-refractivity contribution in [3.05, 3.63) is 78.0 Å². The minimum absolute atomic E-state index is 0.0652. The Morgan fingerprint density at radius 3 is 2.00 bits per heavy atom. The maximum Gasteiger partial charge on any atom is 0.303 e. The number of carboxylic acid groups (broad SMARTS) is 2. The van der Waals surface area contributed by atoms with Crippen LogP contribution in [0.1, 0.15) is 95.7 Å². The highest BCUT2D eigenvalue weighted by Crippen LogP contribution is 2.32. The van der Waals surface area contributed by atoms with Gasteiger partial charge in [0.05, 0.1) is 0 Å². The number of aromatic hydroxyl groups is 1. The quantitative estimate of drug-likeness (QED) is 0.149. The van der Waals surface area contributed by atoms with Crippen LogP contribution in [0, 0.1) is 20.8 Å². The number of rotatable bonds is 11. The van der Waals surface area contributed by atoms with Gasteiger partial charge in [0.1, 0.15) is 0 Å². The number of carbonyl (C=O) groups excluding carboxylic acids is 1. The first kappa shape index (κ1) is 32.5. The second kappa shape index (κ2) is 13.1. The van der Waals surface area contributed by atoms with Crippen LogP contribution in [-0.2, 0) is 27.2 Å². The van der Waals surface area contributed by atoms with Crippen molar-refractivity contribution < 1.29 is 29.7 Å². The fourth-order valence-corrected chi connectivity index (χ4v) is 6.23. The average Bonchev–Trinajstić information content (AvgIpc) is 3.59. The first-order valence-electron chi connectivity index (χ1n) is 14.6. The number of amides is 1. The number of hydrogen-bond donors (Lipinski definition) is 8. The molecule has 4 heterocycles. The first-order valence-corrected chi connectivity index (χ1v) is 15.1. The molecule has 7 N–H and O–H groups in total. The molecule has 1 atom stereocenters. The molecular formula is C33H40N4O6S. The van der Waals surface area contributed by atoms with Crippen LogP contribution in [0.3, 0.4) is 0 Å². The van der Waals surface area contributed by atoms with Crippen LogP contribution in [0.25, 0.3) is 18.2 Å². The number of carboxylic acids is 2. The van der Waals surface area contributed by atoms with E-state index in [1.165, 1.54) is 0 Å². The van der Waals surface area contributed by atoms with Gasteiger partial charge in [0.15, 0.2) is 5.88 Å². The molecule has 0 fully saturated rings. The second-order valence-corrected chi connectivity index (χ2v) is 12.0. The minimum atomic E-state index is -0.918. The molecule has 44 heavy (non-hydrogen) atoms. The standard InChI is InChI=1S/C33H40N4O6S/c1-7-20-15(2)25(36-33(20)43)12-23-16(3)21(8-10-29(38)39)26(34-23)14-27-22(9-11-30(40)41)17(4)24(35-27)13-28-31(19(6)44)18(5)32(42)37-28/h12-14,19,34-35,37,42,44H,7-11H2,1-6H3,(H,36,43)(H,38,39)(H,40,41)/b24-13+,25-12-,27-14-/t19-/m0/s1. The lowest BCUT2D eigenvalue weighted by Gasteiger charge is -2.05. The van der Waals surface area contributed by atoms with Crippen molar-refractivity contribution in [2.24, 2.45) is 0 Å². The maximum absolute atomic E-state index is 12.4. The molecule has 0 saturated heterocycles. The normalized spacial score (nSPS) is 16.0. The van der Waals surface area contributed by atoms with Crippen molar-refractivity contribution in [1.82, 2.24) is 20.3 Å². The van der Waals surface area contributed by atoms with Gasteiger partial charge in [-0.05, 0) is 105 Å². The van der Waals surface area contributed by atoms with Gasteiger partial charge >= 0.3 is 11.9 Å². The van der Waals surface area contributed by atoms with Crippen LogP contribution in [-0.4, -0.2) is 48.1 Å². The van der Waals surface area contributed by atoms with Gasteiger partial charge in [-0.25, -0.2) is 0 Å². The zero-order chi connectivity index (χ0) is 32.5. The van der Waals surface area contributed by atoms with Gasteiger partial charge < -0.3 is 35.6 Å². The third kappa shape index (κ3) is 6.57. The fourth-order valence-electron chi connectivity index (χ4n) is 5.90. The average molecular weight is 621 g/mol. The molecule has 11 heteroatoms. The van der Waals surface area contributed by atoms with Crippen molar-refractivity contribution in [3.8, 4) is 5.88 Å². The molecule has 0 aromatic carbocycles. The van der Waals surface area contributed by atoms with E-state index >= 15 is 0 Å². The lowest BCUT2D eigenvalue weighted by atomic mass is 10.0. The van der Waals surface area contributed by atoms with E-state index in [1.54, 1.807) is 0 Å². The van der Waals surface area contributed by atoms with Gasteiger partial charge in [-0.2, -0.15) is 12.6 Å². The number of H-pyrrole nitrogens is 3. The van der Waals surface area contributed by atoms with Crippen molar-refractivity contribution in [1.29, 1.82) is 0 Å². The second-order valence-electron chi connectivity index (χ2n) is 11.3. The van der Waals surface area contributed by atoms with Crippen LogP contribution in [0.5, 0.6) is 5.88 Å². The van der Waals surface area contributed by atoms with E-state index in [9.17, 15) is 29.7 Å². The zero-order valence-corrected chi connectivity index (χ0v) is 26.8. The van der Waals surface area contributed by atoms with E-state index in [-0.39, 0.29) is 42.7 Å². The molecule has 0 spiro atoms. The molecule has 0 unspecified atom stereocenters. The summed E-state index contributed by atoms with van der Waals surface area (Å²) in [5.41, 5.74) is 9.37. The zero-order valence-electron chi connectivity index (χ0n) is 25.9. The van der Waals surface area contributed by atoms with Crippen molar-refractivity contribution in [2.75, 3.05) is 0 Å². The van der Waals surface area contributed by atoms with E-state index in [2.05, 4.69) is 32.9 Å². The van der Waals surface area contributed by atoms with Crippen molar-refractivity contribution >= 4 is 48.7 Å². The summed E-state index contributed by atoms with van der Waals surface area (Å²) in [7, 11) is 0. The van der Waals surface area contributed by atoms with Gasteiger partial charge in [-0.3, -0.25) is 14.4 Å². The Kier molecular flexibility index (Phi) is 9.68. The lowest BCUT2D eigenvalue weighted by Crippen LogP contribution is -2.16. The predicted molar refractivity (Wildman–Crippen MR) is 173 cm³/mol. The van der Waals surface area contributed by atoms with E-state index in [0.717, 1.165) is 50.0 Å². The third-order valence-electron chi connectivity index (χ3n) is 8.40. The summed E-state index contributed by atoms with van der Waals surface area (Å²) in [6.45, 7) is 11.4.